The van der Waals surface area contributed by atoms with Gasteiger partial charge in [0.2, 0.25) is 0 Å². The van der Waals surface area contributed by atoms with E-state index in [1.54, 1.807) is 30.3 Å². The van der Waals surface area contributed by atoms with Gasteiger partial charge in [-0.2, -0.15) is 13.2 Å². The molecule has 0 heterocycles. The predicted octanol–water partition coefficient (Wildman–Crippen LogP) is 9.51. The molecule has 43 heavy (non-hydrogen) atoms. The van der Waals surface area contributed by atoms with Crippen LogP contribution in [0.25, 0.3) is 11.1 Å². The summed E-state index contributed by atoms with van der Waals surface area (Å²) in [5, 5.41) is 0. The molecule has 0 aliphatic heterocycles. The summed E-state index contributed by atoms with van der Waals surface area (Å²) in [6.45, 7) is 6.08. The van der Waals surface area contributed by atoms with Crippen LogP contribution < -0.4 is 9.47 Å². The number of unbranched alkanes of at least 4 members (excludes halogenated alkanes) is 6. The molecule has 0 aliphatic rings. The number of ether oxygens (including phenoxy) is 3. The first kappa shape index (κ1) is 33.4. The van der Waals surface area contributed by atoms with Gasteiger partial charge in [0.1, 0.15) is 23.9 Å². The van der Waals surface area contributed by atoms with Gasteiger partial charge in [-0.3, -0.25) is 0 Å². The van der Waals surface area contributed by atoms with E-state index < -0.39 is 42.0 Å². The third-order valence-electron chi connectivity index (χ3n) is 6.73. The van der Waals surface area contributed by atoms with Crippen molar-refractivity contribution in [1.29, 1.82) is 0 Å². The molecule has 0 bridgehead atoms. The Hall–Kier alpha value is -4.14. The van der Waals surface area contributed by atoms with Gasteiger partial charge in [0.25, 0.3) is 0 Å². The highest BCUT2D eigenvalue weighted by atomic mass is 19.4. The summed E-state index contributed by atoms with van der Waals surface area (Å²) < 4.78 is 70.5. The van der Waals surface area contributed by atoms with E-state index in [-0.39, 0.29) is 17.7 Å². The number of rotatable bonds is 16. The zero-order chi connectivity index (χ0) is 31.2. The van der Waals surface area contributed by atoms with Gasteiger partial charge in [-0.05, 0) is 60.4 Å². The van der Waals surface area contributed by atoms with Gasteiger partial charge in [0, 0.05) is 6.07 Å². The summed E-state index contributed by atoms with van der Waals surface area (Å²) in [4.78, 5) is 25.0. The molecule has 5 nitrogen and oxygen atoms in total. The molecule has 0 N–H and O–H groups in total. The molecule has 1 atom stereocenters. The highest BCUT2D eigenvalue weighted by molar-refractivity contribution is 5.92. The van der Waals surface area contributed by atoms with E-state index in [2.05, 4.69) is 18.2 Å². The van der Waals surface area contributed by atoms with E-state index in [0.29, 0.717) is 18.8 Å². The molecular formula is C34H36F4O5. The molecule has 0 saturated carbocycles. The molecule has 0 aliphatic carbocycles. The first-order chi connectivity index (χ1) is 20.6. The van der Waals surface area contributed by atoms with Gasteiger partial charge in [-0.25, -0.2) is 14.0 Å². The van der Waals surface area contributed by atoms with E-state index in [0.717, 1.165) is 61.4 Å². The smallest absolute Gasteiger partial charge is 0.425 e. The maximum Gasteiger partial charge on any atom is 0.425 e. The maximum atomic E-state index is 14.7. The van der Waals surface area contributed by atoms with E-state index in [1.165, 1.54) is 0 Å². The van der Waals surface area contributed by atoms with Crippen LogP contribution in [0.4, 0.5) is 17.6 Å². The molecule has 0 spiro atoms. The number of hydrogen-bond donors (Lipinski definition) is 0. The van der Waals surface area contributed by atoms with E-state index in [1.807, 2.05) is 24.3 Å². The van der Waals surface area contributed by atoms with Crippen molar-refractivity contribution in [3.8, 4) is 22.6 Å². The standard InChI is InChI=1S/C34H36F4O5/c1-3-5-6-7-8-9-10-11-31(34(36,37)38)43-33(40)29-21-20-28(23-30(29)35)42-32(39)26-14-12-24(13-15-26)25-16-18-27(19-17-25)41-22-4-2/h4,12-21,23,31H,2-3,5-11,22H2,1H3. The first-order valence-corrected chi connectivity index (χ1v) is 14.4. The number of esters is 2. The molecule has 230 valence electrons. The first-order valence-electron chi connectivity index (χ1n) is 14.4. The Morgan fingerprint density at radius 3 is 1.98 bits per heavy atom. The summed E-state index contributed by atoms with van der Waals surface area (Å²) in [6.07, 6.45) is -0.0915. The summed E-state index contributed by atoms with van der Waals surface area (Å²) in [5.74, 6) is -2.89. The number of benzene rings is 3. The van der Waals surface area contributed by atoms with Crippen molar-refractivity contribution in [3.63, 3.8) is 0 Å². The molecule has 0 radical (unpaired) electrons. The fourth-order valence-electron chi connectivity index (χ4n) is 4.36. The zero-order valence-corrected chi connectivity index (χ0v) is 24.1. The lowest BCUT2D eigenvalue weighted by Crippen LogP contribution is -2.34. The van der Waals surface area contributed by atoms with Crippen LogP contribution in [0.3, 0.4) is 0 Å². The van der Waals surface area contributed by atoms with Crippen molar-refractivity contribution in [1.82, 2.24) is 0 Å². The molecule has 3 aromatic rings. The van der Waals surface area contributed by atoms with Gasteiger partial charge >= 0.3 is 18.1 Å². The number of halogens is 4. The van der Waals surface area contributed by atoms with Crippen molar-refractivity contribution >= 4 is 11.9 Å². The highest BCUT2D eigenvalue weighted by Crippen LogP contribution is 2.29. The lowest BCUT2D eigenvalue weighted by atomic mass is 10.0. The molecule has 0 saturated heterocycles. The largest absolute Gasteiger partial charge is 0.490 e. The summed E-state index contributed by atoms with van der Waals surface area (Å²) in [7, 11) is 0. The fraction of sp³-hybridized carbons (Fsp3) is 0.353. The summed E-state index contributed by atoms with van der Waals surface area (Å²) >= 11 is 0. The van der Waals surface area contributed by atoms with Crippen molar-refractivity contribution in [3.05, 3.63) is 96.3 Å². The summed E-state index contributed by atoms with van der Waals surface area (Å²) in [6, 6.07) is 16.7. The van der Waals surface area contributed by atoms with Crippen molar-refractivity contribution in [2.75, 3.05) is 6.61 Å². The Morgan fingerprint density at radius 2 is 1.40 bits per heavy atom. The van der Waals surface area contributed by atoms with Crippen molar-refractivity contribution in [2.24, 2.45) is 0 Å². The van der Waals surface area contributed by atoms with Crippen molar-refractivity contribution < 1.29 is 41.4 Å². The number of alkyl halides is 3. The second kappa shape index (κ2) is 16.5. The molecule has 0 aromatic heterocycles. The molecule has 9 heteroatoms. The molecule has 3 aromatic carbocycles. The number of hydrogen-bond acceptors (Lipinski definition) is 5. The summed E-state index contributed by atoms with van der Waals surface area (Å²) in [5.41, 5.74) is 1.24. The van der Waals surface area contributed by atoms with Crippen LogP contribution in [-0.2, 0) is 4.74 Å². The Kier molecular flexibility index (Phi) is 12.8. The number of carbonyl (C=O) groups excluding carboxylic acids is 2. The van der Waals surface area contributed by atoms with Crippen LogP contribution >= 0.6 is 0 Å². The minimum atomic E-state index is -4.78. The average molecular weight is 601 g/mol. The Morgan fingerprint density at radius 1 is 0.814 bits per heavy atom. The lowest BCUT2D eigenvalue weighted by Gasteiger charge is -2.21. The Bertz CT molecular complexity index is 1330. The minimum Gasteiger partial charge on any atom is -0.490 e. The second-order valence-electron chi connectivity index (χ2n) is 10.1. The van der Waals surface area contributed by atoms with Gasteiger partial charge in [0.15, 0.2) is 6.10 Å². The monoisotopic (exact) mass is 600 g/mol. The van der Waals surface area contributed by atoms with Crippen LogP contribution in [0.15, 0.2) is 79.4 Å². The second-order valence-corrected chi connectivity index (χ2v) is 10.1. The van der Waals surface area contributed by atoms with Gasteiger partial charge in [-0.1, -0.05) is 82.4 Å². The lowest BCUT2D eigenvalue weighted by molar-refractivity contribution is -0.206. The third-order valence-corrected chi connectivity index (χ3v) is 6.73. The van der Waals surface area contributed by atoms with Crippen LogP contribution in [-0.4, -0.2) is 30.8 Å². The maximum absolute atomic E-state index is 14.7. The normalized spacial score (nSPS) is 11.9. The molecular weight excluding hydrogens is 564 g/mol. The minimum absolute atomic E-state index is 0.192. The molecule has 0 fully saturated rings. The molecule has 0 amide bonds. The van der Waals surface area contributed by atoms with Gasteiger partial charge in [0.05, 0.1) is 11.1 Å². The topological polar surface area (TPSA) is 61.8 Å². The third kappa shape index (κ3) is 10.6. The number of carbonyl (C=O) groups is 2. The Balaban J connectivity index is 1.57. The van der Waals surface area contributed by atoms with Crippen molar-refractivity contribution in [2.45, 2.75) is 70.6 Å². The average Bonchev–Trinajstić information content (AvgIpc) is 2.98. The SMILES string of the molecule is C=CCOc1ccc(-c2ccc(C(=O)Oc3ccc(C(=O)OC(CCCCCCCCC)C(F)(F)F)c(F)c3)cc2)cc1. The van der Waals surface area contributed by atoms with E-state index in [4.69, 9.17) is 9.47 Å². The van der Waals surface area contributed by atoms with Crippen LogP contribution in [0.5, 0.6) is 11.5 Å². The van der Waals surface area contributed by atoms with E-state index in [9.17, 15) is 27.2 Å². The fourth-order valence-corrected chi connectivity index (χ4v) is 4.36. The van der Waals surface area contributed by atoms with Crippen LogP contribution in [0.1, 0.15) is 79.0 Å². The molecule has 3 rings (SSSR count). The zero-order valence-electron chi connectivity index (χ0n) is 24.1. The predicted molar refractivity (Wildman–Crippen MR) is 157 cm³/mol. The highest BCUT2D eigenvalue weighted by Gasteiger charge is 2.42. The Labute approximate surface area is 249 Å². The van der Waals surface area contributed by atoms with Crippen LogP contribution in [0, 0.1) is 5.82 Å². The van der Waals surface area contributed by atoms with Crippen LogP contribution in [0.2, 0.25) is 0 Å². The van der Waals surface area contributed by atoms with E-state index >= 15 is 0 Å². The van der Waals surface area contributed by atoms with Gasteiger partial charge in [-0.15, -0.1) is 0 Å². The van der Waals surface area contributed by atoms with Gasteiger partial charge < -0.3 is 14.2 Å². The molecule has 1 unspecified atom stereocenters. The quantitative estimate of drug-likeness (QED) is 0.0539.